The highest BCUT2D eigenvalue weighted by molar-refractivity contribution is 5.44. The molecule has 3 aromatic rings. The number of ether oxygens (including phenoxy) is 1. The molecule has 0 atom stereocenters. The second kappa shape index (κ2) is 4.61. The first-order valence-corrected chi connectivity index (χ1v) is 5.92. The van der Waals surface area contributed by atoms with Crippen LogP contribution in [0.5, 0.6) is 11.5 Å². The van der Waals surface area contributed by atoms with Crippen molar-refractivity contribution in [3.63, 3.8) is 0 Å². The molecule has 0 amide bonds. The van der Waals surface area contributed by atoms with Crippen LogP contribution in [0.1, 0.15) is 11.4 Å². The molecule has 0 saturated carbocycles. The van der Waals surface area contributed by atoms with Gasteiger partial charge in [0.25, 0.3) is 0 Å². The molecular weight excluding hydrogens is 242 g/mol. The lowest BCUT2D eigenvalue weighted by atomic mass is 10.1. The quantitative estimate of drug-likeness (QED) is 0.778. The summed E-state index contributed by atoms with van der Waals surface area (Å²) in [5.41, 5.74) is 1.72. The Kier molecular flexibility index (Phi) is 2.79. The van der Waals surface area contributed by atoms with Gasteiger partial charge in [0.05, 0.1) is 7.11 Å². The summed E-state index contributed by atoms with van der Waals surface area (Å²) < 4.78 is 6.86. The standard InChI is InChI=1S/C14H13N3O2/c1-19-12-5-6-17-14(9-12)15-13(16-17)8-10-3-2-4-11(18)7-10/h2-7,9,18H,8H2,1H3. The molecule has 1 N–H and O–H groups in total. The van der Waals surface area contributed by atoms with Crippen molar-refractivity contribution in [3.05, 3.63) is 54.0 Å². The molecular formula is C14H13N3O2. The monoisotopic (exact) mass is 255 g/mol. The lowest BCUT2D eigenvalue weighted by molar-refractivity contribution is 0.414. The predicted octanol–water partition coefficient (Wildman–Crippen LogP) is 2.03. The molecule has 0 aliphatic heterocycles. The zero-order valence-electron chi connectivity index (χ0n) is 10.4. The predicted molar refractivity (Wildman–Crippen MR) is 70.5 cm³/mol. The first-order valence-electron chi connectivity index (χ1n) is 5.92. The Hall–Kier alpha value is -2.56. The van der Waals surface area contributed by atoms with Crippen LogP contribution in [0, 0.1) is 0 Å². The van der Waals surface area contributed by atoms with Gasteiger partial charge >= 0.3 is 0 Å². The van der Waals surface area contributed by atoms with Gasteiger partial charge in [-0.15, -0.1) is 0 Å². The van der Waals surface area contributed by atoms with E-state index in [-0.39, 0.29) is 5.75 Å². The van der Waals surface area contributed by atoms with Crippen molar-refractivity contribution < 1.29 is 9.84 Å². The number of nitrogens with zero attached hydrogens (tertiary/aromatic N) is 3. The zero-order chi connectivity index (χ0) is 13.2. The summed E-state index contributed by atoms with van der Waals surface area (Å²) in [6.07, 6.45) is 2.39. The lowest BCUT2D eigenvalue weighted by Crippen LogP contribution is -1.92. The summed E-state index contributed by atoms with van der Waals surface area (Å²) >= 11 is 0. The SMILES string of the molecule is COc1ccn2nc(Cc3cccc(O)c3)nc2c1. The fourth-order valence-corrected chi connectivity index (χ4v) is 1.96. The number of phenols is 1. The van der Waals surface area contributed by atoms with E-state index in [1.807, 2.05) is 30.5 Å². The number of fused-ring (bicyclic) bond motifs is 1. The van der Waals surface area contributed by atoms with Crippen molar-refractivity contribution in [3.8, 4) is 11.5 Å². The molecule has 0 radical (unpaired) electrons. The van der Waals surface area contributed by atoms with Crippen LogP contribution in [0.15, 0.2) is 42.6 Å². The Morgan fingerprint density at radius 2 is 2.16 bits per heavy atom. The van der Waals surface area contributed by atoms with Crippen LogP contribution < -0.4 is 4.74 Å². The maximum atomic E-state index is 9.44. The molecule has 19 heavy (non-hydrogen) atoms. The van der Waals surface area contributed by atoms with Crippen LogP contribution in [0.2, 0.25) is 0 Å². The Labute approximate surface area is 110 Å². The highest BCUT2D eigenvalue weighted by Gasteiger charge is 2.06. The van der Waals surface area contributed by atoms with Crippen molar-refractivity contribution >= 4 is 5.65 Å². The molecule has 1 aromatic carbocycles. The maximum absolute atomic E-state index is 9.44. The molecule has 0 spiro atoms. The molecule has 2 heterocycles. The van der Waals surface area contributed by atoms with Gasteiger partial charge in [-0.1, -0.05) is 12.1 Å². The fraction of sp³-hybridized carbons (Fsp3) is 0.143. The molecule has 5 nitrogen and oxygen atoms in total. The van der Waals surface area contributed by atoms with E-state index in [2.05, 4.69) is 10.1 Å². The number of rotatable bonds is 3. The number of phenolic OH excluding ortho intramolecular Hbond substituents is 1. The minimum Gasteiger partial charge on any atom is -0.508 e. The molecule has 0 aliphatic rings. The lowest BCUT2D eigenvalue weighted by Gasteiger charge is -1.97. The van der Waals surface area contributed by atoms with E-state index < -0.39 is 0 Å². The minimum atomic E-state index is 0.253. The summed E-state index contributed by atoms with van der Waals surface area (Å²) in [6, 6.07) is 10.8. The van der Waals surface area contributed by atoms with Crippen molar-refractivity contribution in [1.29, 1.82) is 0 Å². The Bertz CT molecular complexity index is 722. The molecule has 5 heteroatoms. The maximum Gasteiger partial charge on any atom is 0.159 e. The van der Waals surface area contributed by atoms with E-state index in [1.54, 1.807) is 23.8 Å². The van der Waals surface area contributed by atoms with Gasteiger partial charge in [0.2, 0.25) is 0 Å². The first-order chi connectivity index (χ1) is 9.24. The molecule has 0 saturated heterocycles. The largest absolute Gasteiger partial charge is 0.508 e. The second-order valence-corrected chi connectivity index (χ2v) is 4.24. The Morgan fingerprint density at radius 1 is 1.26 bits per heavy atom. The first kappa shape index (κ1) is 11.5. The smallest absolute Gasteiger partial charge is 0.159 e. The summed E-state index contributed by atoms with van der Waals surface area (Å²) in [5, 5.41) is 13.8. The van der Waals surface area contributed by atoms with Gasteiger partial charge in [0.1, 0.15) is 11.5 Å². The summed E-state index contributed by atoms with van der Waals surface area (Å²) in [7, 11) is 1.62. The van der Waals surface area contributed by atoms with Gasteiger partial charge in [-0.25, -0.2) is 9.50 Å². The molecule has 0 fully saturated rings. The van der Waals surface area contributed by atoms with Gasteiger partial charge < -0.3 is 9.84 Å². The zero-order valence-corrected chi connectivity index (χ0v) is 10.4. The minimum absolute atomic E-state index is 0.253. The van der Waals surface area contributed by atoms with Crippen molar-refractivity contribution in [1.82, 2.24) is 14.6 Å². The summed E-state index contributed by atoms with van der Waals surface area (Å²) in [5.74, 6) is 1.71. The summed E-state index contributed by atoms with van der Waals surface area (Å²) in [6.45, 7) is 0. The van der Waals surface area contributed by atoms with Crippen LogP contribution in [-0.2, 0) is 6.42 Å². The highest BCUT2D eigenvalue weighted by atomic mass is 16.5. The van der Waals surface area contributed by atoms with E-state index in [0.717, 1.165) is 17.0 Å². The Balaban J connectivity index is 1.93. The number of hydrogen-bond donors (Lipinski definition) is 1. The average Bonchev–Trinajstić information content (AvgIpc) is 2.79. The molecule has 0 aliphatic carbocycles. The molecule has 0 bridgehead atoms. The van der Waals surface area contributed by atoms with Gasteiger partial charge in [-0.3, -0.25) is 0 Å². The van der Waals surface area contributed by atoms with Crippen LogP contribution in [0.4, 0.5) is 0 Å². The number of benzene rings is 1. The number of hydrogen-bond acceptors (Lipinski definition) is 4. The van der Waals surface area contributed by atoms with Crippen molar-refractivity contribution in [2.24, 2.45) is 0 Å². The van der Waals surface area contributed by atoms with E-state index in [4.69, 9.17) is 4.74 Å². The third kappa shape index (κ3) is 2.35. The van der Waals surface area contributed by atoms with Crippen molar-refractivity contribution in [2.45, 2.75) is 6.42 Å². The van der Waals surface area contributed by atoms with E-state index >= 15 is 0 Å². The van der Waals surface area contributed by atoms with Gasteiger partial charge in [0.15, 0.2) is 11.5 Å². The van der Waals surface area contributed by atoms with Crippen molar-refractivity contribution in [2.75, 3.05) is 7.11 Å². The Morgan fingerprint density at radius 3 is 2.95 bits per heavy atom. The molecule has 96 valence electrons. The third-order valence-corrected chi connectivity index (χ3v) is 2.86. The van der Waals surface area contributed by atoms with Crippen LogP contribution in [0.25, 0.3) is 5.65 Å². The third-order valence-electron chi connectivity index (χ3n) is 2.86. The number of aromatic nitrogens is 3. The second-order valence-electron chi connectivity index (χ2n) is 4.24. The van der Waals surface area contributed by atoms with Crippen LogP contribution in [-0.4, -0.2) is 26.8 Å². The van der Waals surface area contributed by atoms with Gasteiger partial charge in [-0.2, -0.15) is 5.10 Å². The van der Waals surface area contributed by atoms with Crippen LogP contribution in [0.3, 0.4) is 0 Å². The normalized spacial score (nSPS) is 10.8. The molecule has 0 unspecified atom stereocenters. The number of aromatic hydroxyl groups is 1. The highest BCUT2D eigenvalue weighted by Crippen LogP contribution is 2.16. The van der Waals surface area contributed by atoms with E-state index in [9.17, 15) is 5.11 Å². The summed E-state index contributed by atoms with van der Waals surface area (Å²) in [4.78, 5) is 4.44. The van der Waals surface area contributed by atoms with E-state index in [1.165, 1.54) is 0 Å². The van der Waals surface area contributed by atoms with Gasteiger partial charge in [-0.05, 0) is 23.8 Å². The average molecular weight is 255 g/mol. The van der Waals surface area contributed by atoms with Gasteiger partial charge in [0, 0.05) is 18.7 Å². The fourth-order valence-electron chi connectivity index (χ4n) is 1.96. The molecule has 2 aromatic heterocycles. The molecule has 3 rings (SSSR count). The topological polar surface area (TPSA) is 59.7 Å². The van der Waals surface area contributed by atoms with Crippen LogP contribution >= 0.6 is 0 Å². The number of pyridine rings is 1. The van der Waals surface area contributed by atoms with E-state index in [0.29, 0.717) is 12.2 Å². The number of methoxy groups -OCH3 is 1.